The van der Waals surface area contributed by atoms with E-state index in [0.29, 0.717) is 17.7 Å². The normalized spacial score (nSPS) is 34.3. The fourth-order valence-electron chi connectivity index (χ4n) is 3.29. The molecule has 2 atom stereocenters. The number of nitrogens with zero attached hydrogens (tertiary/aromatic N) is 1. The van der Waals surface area contributed by atoms with E-state index >= 15 is 0 Å². The maximum absolute atomic E-state index is 11.8. The monoisotopic (exact) mass is 209 g/mol. The zero-order valence-electron chi connectivity index (χ0n) is 9.87. The topological polar surface area (TPSA) is 20.3 Å². The molecule has 2 aliphatic rings. The molecule has 2 rings (SSSR count). The van der Waals surface area contributed by atoms with Gasteiger partial charge in [0, 0.05) is 18.4 Å². The number of likely N-dealkylation sites (tertiary alicyclic amines) is 1. The predicted molar refractivity (Wildman–Crippen MR) is 61.9 cm³/mol. The van der Waals surface area contributed by atoms with Gasteiger partial charge in [0.2, 0.25) is 0 Å². The molecule has 0 aromatic rings. The number of carbonyl (C=O) groups is 1. The van der Waals surface area contributed by atoms with Crippen LogP contribution in [0, 0.1) is 5.92 Å². The van der Waals surface area contributed by atoms with Gasteiger partial charge in [0.15, 0.2) is 0 Å². The molecule has 15 heavy (non-hydrogen) atoms. The molecule has 2 heteroatoms. The van der Waals surface area contributed by atoms with E-state index in [2.05, 4.69) is 11.8 Å². The van der Waals surface area contributed by atoms with E-state index < -0.39 is 0 Å². The molecule has 0 N–H and O–H groups in total. The van der Waals surface area contributed by atoms with Gasteiger partial charge in [0.1, 0.15) is 5.78 Å². The van der Waals surface area contributed by atoms with Crippen molar-refractivity contribution < 1.29 is 4.79 Å². The zero-order chi connectivity index (χ0) is 10.7. The van der Waals surface area contributed by atoms with Crippen LogP contribution in [0.4, 0.5) is 0 Å². The summed E-state index contributed by atoms with van der Waals surface area (Å²) in [6, 6.07) is 0.576. The summed E-state index contributed by atoms with van der Waals surface area (Å²) in [6.07, 6.45) is 8.39. The lowest BCUT2D eigenvalue weighted by Crippen LogP contribution is -2.41. The molecule has 0 spiro atoms. The highest BCUT2D eigenvalue weighted by atomic mass is 16.1. The molecular weight excluding hydrogens is 186 g/mol. The first-order valence-corrected chi connectivity index (χ1v) is 6.59. The minimum Gasteiger partial charge on any atom is -0.300 e. The molecule has 0 aromatic carbocycles. The van der Waals surface area contributed by atoms with Crippen molar-refractivity contribution in [2.24, 2.45) is 5.92 Å². The molecule has 0 unspecified atom stereocenters. The summed E-state index contributed by atoms with van der Waals surface area (Å²) >= 11 is 0. The van der Waals surface area contributed by atoms with Gasteiger partial charge in [-0.2, -0.15) is 0 Å². The summed E-state index contributed by atoms with van der Waals surface area (Å²) < 4.78 is 0. The molecule has 1 saturated carbocycles. The first-order valence-electron chi connectivity index (χ1n) is 6.59. The number of hydrogen-bond donors (Lipinski definition) is 0. The minimum atomic E-state index is 0.378. The third kappa shape index (κ3) is 2.41. The van der Waals surface area contributed by atoms with Crippen molar-refractivity contribution in [3.8, 4) is 0 Å². The van der Waals surface area contributed by atoms with Crippen LogP contribution in [0.3, 0.4) is 0 Å². The van der Waals surface area contributed by atoms with Crippen molar-refractivity contribution in [2.75, 3.05) is 13.1 Å². The van der Waals surface area contributed by atoms with Crippen LogP contribution < -0.4 is 0 Å². The van der Waals surface area contributed by atoms with Gasteiger partial charge in [-0.25, -0.2) is 0 Å². The van der Waals surface area contributed by atoms with Gasteiger partial charge in [-0.3, -0.25) is 9.69 Å². The molecule has 0 aromatic heterocycles. The second-order valence-corrected chi connectivity index (χ2v) is 5.01. The third-order valence-corrected chi connectivity index (χ3v) is 4.14. The lowest BCUT2D eigenvalue weighted by molar-refractivity contribution is -0.122. The molecule has 0 bridgehead atoms. The van der Waals surface area contributed by atoms with E-state index in [1.807, 2.05) is 0 Å². The first kappa shape index (κ1) is 11.1. The van der Waals surface area contributed by atoms with Crippen LogP contribution in [0.25, 0.3) is 0 Å². The van der Waals surface area contributed by atoms with Crippen LogP contribution in [0.15, 0.2) is 0 Å². The van der Waals surface area contributed by atoms with Crippen molar-refractivity contribution in [2.45, 2.75) is 57.9 Å². The fourth-order valence-corrected chi connectivity index (χ4v) is 3.29. The molecule has 1 aliphatic heterocycles. The second kappa shape index (κ2) is 5.11. The highest BCUT2D eigenvalue weighted by molar-refractivity contribution is 5.83. The van der Waals surface area contributed by atoms with E-state index in [9.17, 15) is 4.79 Å². The van der Waals surface area contributed by atoms with Crippen LogP contribution in [0.2, 0.25) is 0 Å². The predicted octanol–water partition coefficient (Wildman–Crippen LogP) is 2.62. The second-order valence-electron chi connectivity index (χ2n) is 5.01. The Morgan fingerprint density at radius 3 is 2.73 bits per heavy atom. The zero-order valence-corrected chi connectivity index (χ0v) is 9.87. The van der Waals surface area contributed by atoms with Crippen LogP contribution in [0.5, 0.6) is 0 Å². The highest BCUT2D eigenvalue weighted by Crippen LogP contribution is 2.31. The molecule has 1 heterocycles. The third-order valence-electron chi connectivity index (χ3n) is 4.14. The number of rotatable bonds is 2. The van der Waals surface area contributed by atoms with Gasteiger partial charge in [-0.1, -0.05) is 19.8 Å². The molecule has 86 valence electrons. The van der Waals surface area contributed by atoms with Crippen LogP contribution >= 0.6 is 0 Å². The van der Waals surface area contributed by atoms with Crippen LogP contribution in [-0.2, 0) is 4.79 Å². The number of carbonyl (C=O) groups excluding carboxylic acids is 1. The van der Waals surface area contributed by atoms with Crippen molar-refractivity contribution in [1.29, 1.82) is 0 Å². The summed E-state index contributed by atoms with van der Waals surface area (Å²) in [5.74, 6) is 0.920. The summed E-state index contributed by atoms with van der Waals surface area (Å²) in [5.41, 5.74) is 0. The van der Waals surface area contributed by atoms with Gasteiger partial charge in [0.05, 0.1) is 0 Å². The van der Waals surface area contributed by atoms with E-state index in [1.165, 1.54) is 32.2 Å². The molecule has 2 nitrogen and oxygen atoms in total. The standard InChI is InChI=1S/C13H23NO/c1-2-14-10-5-3-4-8-12(14)11-7-6-9-13(11)15/h11-12H,2-10H2,1H3/t11-,12+/m1/s1. The summed E-state index contributed by atoms with van der Waals surface area (Å²) in [5, 5.41) is 0. The molecule has 2 fully saturated rings. The van der Waals surface area contributed by atoms with Gasteiger partial charge >= 0.3 is 0 Å². The number of ketones is 1. The van der Waals surface area contributed by atoms with E-state index in [0.717, 1.165) is 25.8 Å². The van der Waals surface area contributed by atoms with Crippen molar-refractivity contribution in [3.63, 3.8) is 0 Å². The van der Waals surface area contributed by atoms with Crippen LogP contribution in [-0.4, -0.2) is 29.8 Å². The molecule has 1 saturated heterocycles. The Labute approximate surface area is 93.0 Å². The smallest absolute Gasteiger partial charge is 0.137 e. The summed E-state index contributed by atoms with van der Waals surface area (Å²) in [7, 11) is 0. The van der Waals surface area contributed by atoms with E-state index in [1.54, 1.807) is 0 Å². The summed E-state index contributed by atoms with van der Waals surface area (Å²) in [4.78, 5) is 14.4. The van der Waals surface area contributed by atoms with Crippen molar-refractivity contribution in [3.05, 3.63) is 0 Å². The Morgan fingerprint density at radius 1 is 1.20 bits per heavy atom. The van der Waals surface area contributed by atoms with Gasteiger partial charge in [-0.15, -0.1) is 0 Å². The number of Topliss-reactive ketones (excluding diaryl/α,β-unsaturated/α-hetero) is 1. The van der Waals surface area contributed by atoms with E-state index in [-0.39, 0.29) is 0 Å². The van der Waals surface area contributed by atoms with Gasteiger partial charge < -0.3 is 0 Å². The molecule has 0 radical (unpaired) electrons. The van der Waals surface area contributed by atoms with E-state index in [4.69, 9.17) is 0 Å². The summed E-state index contributed by atoms with van der Waals surface area (Å²) in [6.45, 7) is 4.57. The maximum atomic E-state index is 11.8. The fraction of sp³-hybridized carbons (Fsp3) is 0.923. The quantitative estimate of drug-likeness (QED) is 0.697. The molecule has 1 aliphatic carbocycles. The molecular formula is C13H23NO. The Kier molecular flexibility index (Phi) is 3.79. The SMILES string of the molecule is CCN1CCCCC[C@H]1[C@H]1CCCC1=O. The Balaban J connectivity index is 2.05. The maximum Gasteiger partial charge on any atom is 0.137 e. The lowest BCUT2D eigenvalue weighted by atomic mass is 9.92. The first-order chi connectivity index (χ1) is 7.33. The minimum absolute atomic E-state index is 0.378. The number of hydrogen-bond acceptors (Lipinski definition) is 2. The van der Waals surface area contributed by atoms with Crippen molar-refractivity contribution >= 4 is 5.78 Å². The Bertz CT molecular complexity index is 227. The Morgan fingerprint density at radius 2 is 2.07 bits per heavy atom. The molecule has 0 amide bonds. The Hall–Kier alpha value is -0.370. The highest BCUT2D eigenvalue weighted by Gasteiger charge is 2.35. The van der Waals surface area contributed by atoms with Crippen LogP contribution in [0.1, 0.15) is 51.9 Å². The largest absolute Gasteiger partial charge is 0.300 e. The average molecular weight is 209 g/mol. The lowest BCUT2D eigenvalue weighted by Gasteiger charge is -2.32. The van der Waals surface area contributed by atoms with Gasteiger partial charge in [0.25, 0.3) is 0 Å². The van der Waals surface area contributed by atoms with Gasteiger partial charge in [-0.05, 0) is 38.8 Å². The average Bonchev–Trinajstić information content (AvgIpc) is 2.54. The van der Waals surface area contributed by atoms with Crippen molar-refractivity contribution in [1.82, 2.24) is 4.90 Å².